The van der Waals surface area contributed by atoms with Gasteiger partial charge >= 0.3 is 5.97 Å². The Balaban J connectivity index is 2.71. The highest BCUT2D eigenvalue weighted by atomic mass is 32.2. The summed E-state index contributed by atoms with van der Waals surface area (Å²) in [5, 5.41) is 0. The summed E-state index contributed by atoms with van der Waals surface area (Å²) in [6, 6.07) is 4.63. The summed E-state index contributed by atoms with van der Waals surface area (Å²) < 4.78 is 18.0. The zero-order valence-electron chi connectivity index (χ0n) is 9.46. The number of methoxy groups -OCH3 is 1. The second-order valence-electron chi connectivity index (χ2n) is 3.36. The molecule has 1 aromatic rings. The van der Waals surface area contributed by atoms with Crippen LogP contribution in [0.15, 0.2) is 18.2 Å². The highest BCUT2D eigenvalue weighted by Gasteiger charge is 2.11. The smallest absolute Gasteiger partial charge is 0.340 e. The number of halogens is 1. The van der Waals surface area contributed by atoms with Crippen molar-refractivity contribution in [1.82, 2.24) is 0 Å². The first-order valence-electron chi connectivity index (χ1n) is 5.13. The topological polar surface area (TPSA) is 26.3 Å². The fourth-order valence-corrected chi connectivity index (χ4v) is 2.11. The highest BCUT2D eigenvalue weighted by molar-refractivity contribution is 7.98. The van der Waals surface area contributed by atoms with E-state index in [2.05, 4.69) is 11.7 Å². The van der Waals surface area contributed by atoms with Crippen molar-refractivity contribution < 1.29 is 13.9 Å². The number of rotatable bonds is 5. The zero-order valence-corrected chi connectivity index (χ0v) is 10.3. The molecule has 0 spiro atoms. The summed E-state index contributed by atoms with van der Waals surface area (Å²) in [7, 11) is 1.24. The lowest BCUT2D eigenvalue weighted by Crippen LogP contribution is -2.04. The summed E-state index contributed by atoms with van der Waals surface area (Å²) >= 11 is 1.75. The van der Waals surface area contributed by atoms with Crippen LogP contribution in [0.1, 0.15) is 29.3 Å². The molecule has 0 amide bonds. The van der Waals surface area contributed by atoms with E-state index < -0.39 is 11.8 Å². The van der Waals surface area contributed by atoms with Gasteiger partial charge in [-0.25, -0.2) is 9.18 Å². The van der Waals surface area contributed by atoms with Crippen molar-refractivity contribution in [2.45, 2.75) is 19.1 Å². The molecule has 0 aliphatic heterocycles. The number of ether oxygens (including phenoxy) is 1. The summed E-state index contributed by atoms with van der Waals surface area (Å²) in [5.74, 6) is 0.679. The summed E-state index contributed by atoms with van der Waals surface area (Å²) in [4.78, 5) is 11.1. The number of benzene rings is 1. The van der Waals surface area contributed by atoms with E-state index in [0.29, 0.717) is 0 Å². The van der Waals surface area contributed by atoms with Gasteiger partial charge in [0.05, 0.1) is 12.7 Å². The average molecular weight is 242 g/mol. The molecule has 0 N–H and O–H groups in total. The molecular formula is C12H15FO2S. The first-order valence-corrected chi connectivity index (χ1v) is 6.29. The largest absolute Gasteiger partial charge is 0.465 e. The molecule has 0 saturated carbocycles. The number of hydrogen-bond donors (Lipinski definition) is 0. The van der Waals surface area contributed by atoms with Gasteiger partial charge < -0.3 is 4.74 Å². The lowest BCUT2D eigenvalue weighted by Gasteiger charge is -2.04. The summed E-state index contributed by atoms with van der Waals surface area (Å²) in [5.41, 5.74) is 0.885. The summed E-state index contributed by atoms with van der Waals surface area (Å²) in [6.45, 7) is 2.11. The molecule has 0 heterocycles. The molecule has 88 valence electrons. The molecule has 16 heavy (non-hydrogen) atoms. The van der Waals surface area contributed by atoms with Gasteiger partial charge in [0.25, 0.3) is 0 Å². The van der Waals surface area contributed by atoms with Gasteiger partial charge in [-0.05, 0) is 29.9 Å². The first kappa shape index (κ1) is 13.0. The second kappa shape index (κ2) is 6.53. The monoisotopic (exact) mass is 242 g/mol. The number of hydrogen-bond acceptors (Lipinski definition) is 3. The molecular weight excluding hydrogens is 227 g/mol. The van der Waals surface area contributed by atoms with Gasteiger partial charge in [0.1, 0.15) is 5.82 Å². The number of carbonyl (C=O) groups is 1. The fraction of sp³-hybridized carbons (Fsp3) is 0.417. The molecule has 0 bridgehead atoms. The first-order chi connectivity index (χ1) is 7.69. The Bertz CT molecular complexity index is 366. The molecule has 0 aromatic heterocycles. The zero-order chi connectivity index (χ0) is 12.0. The van der Waals surface area contributed by atoms with Crippen LogP contribution < -0.4 is 0 Å². The average Bonchev–Trinajstić information content (AvgIpc) is 2.29. The predicted molar refractivity (Wildman–Crippen MR) is 64.2 cm³/mol. The van der Waals surface area contributed by atoms with Gasteiger partial charge in [0.15, 0.2) is 0 Å². The fourth-order valence-electron chi connectivity index (χ4n) is 1.26. The lowest BCUT2D eigenvalue weighted by molar-refractivity contribution is 0.0595. The van der Waals surface area contributed by atoms with Crippen molar-refractivity contribution in [2.24, 2.45) is 0 Å². The van der Waals surface area contributed by atoms with Gasteiger partial charge in [-0.1, -0.05) is 13.0 Å². The molecule has 0 aliphatic rings. The minimum Gasteiger partial charge on any atom is -0.465 e. The van der Waals surface area contributed by atoms with Crippen LogP contribution in [0.4, 0.5) is 4.39 Å². The van der Waals surface area contributed by atoms with Crippen LogP contribution >= 0.6 is 11.8 Å². The Kier molecular flexibility index (Phi) is 5.32. The third kappa shape index (κ3) is 3.52. The van der Waals surface area contributed by atoms with E-state index in [4.69, 9.17) is 0 Å². The molecule has 2 nitrogen and oxygen atoms in total. The van der Waals surface area contributed by atoms with E-state index in [1.165, 1.54) is 19.2 Å². The predicted octanol–water partition coefficient (Wildman–Crippen LogP) is 3.26. The second-order valence-corrected chi connectivity index (χ2v) is 4.46. The van der Waals surface area contributed by atoms with Gasteiger partial charge in [0.2, 0.25) is 0 Å². The van der Waals surface area contributed by atoms with E-state index in [0.717, 1.165) is 23.5 Å². The van der Waals surface area contributed by atoms with E-state index in [-0.39, 0.29) is 5.56 Å². The van der Waals surface area contributed by atoms with E-state index in [1.807, 2.05) is 0 Å². The summed E-state index contributed by atoms with van der Waals surface area (Å²) in [6.07, 6.45) is 1.10. The SMILES string of the molecule is CCCSCc1ccc(C(=O)OC)c(F)c1. The molecule has 4 heteroatoms. The minimum atomic E-state index is -0.634. The van der Waals surface area contributed by atoms with Crippen LogP contribution in [0.5, 0.6) is 0 Å². The normalized spacial score (nSPS) is 10.2. The highest BCUT2D eigenvalue weighted by Crippen LogP contribution is 2.17. The number of carbonyl (C=O) groups excluding carboxylic acids is 1. The molecule has 0 aliphatic carbocycles. The van der Waals surface area contributed by atoms with Crippen LogP contribution in [-0.2, 0) is 10.5 Å². The number of esters is 1. The standard InChI is InChI=1S/C12H15FO2S/c1-3-6-16-8-9-4-5-10(11(13)7-9)12(14)15-2/h4-5,7H,3,6,8H2,1-2H3. The van der Waals surface area contributed by atoms with Crippen molar-refractivity contribution in [3.05, 3.63) is 35.1 Å². The lowest BCUT2D eigenvalue weighted by atomic mass is 10.1. The molecule has 1 rings (SSSR count). The van der Waals surface area contributed by atoms with Crippen molar-refractivity contribution in [3.63, 3.8) is 0 Å². The van der Waals surface area contributed by atoms with Crippen molar-refractivity contribution >= 4 is 17.7 Å². The van der Waals surface area contributed by atoms with Crippen molar-refractivity contribution in [1.29, 1.82) is 0 Å². The van der Waals surface area contributed by atoms with Crippen LogP contribution in [0.2, 0.25) is 0 Å². The van der Waals surface area contributed by atoms with E-state index in [9.17, 15) is 9.18 Å². The molecule has 1 aromatic carbocycles. The Morgan fingerprint density at radius 3 is 2.81 bits per heavy atom. The minimum absolute atomic E-state index is 0.00765. The van der Waals surface area contributed by atoms with Crippen LogP contribution in [0.3, 0.4) is 0 Å². The molecule has 0 atom stereocenters. The number of thioether (sulfide) groups is 1. The van der Waals surface area contributed by atoms with Gasteiger partial charge in [0, 0.05) is 5.75 Å². The molecule has 0 fully saturated rings. The van der Waals surface area contributed by atoms with Crippen LogP contribution in [0, 0.1) is 5.82 Å². The maximum absolute atomic E-state index is 13.5. The van der Waals surface area contributed by atoms with Crippen LogP contribution in [-0.4, -0.2) is 18.8 Å². The molecule has 0 saturated heterocycles. The Hall–Kier alpha value is -1.03. The Labute approximate surface area is 99.2 Å². The Morgan fingerprint density at radius 1 is 1.50 bits per heavy atom. The van der Waals surface area contributed by atoms with E-state index in [1.54, 1.807) is 17.8 Å². The maximum Gasteiger partial charge on any atom is 0.340 e. The molecule has 0 radical (unpaired) electrons. The third-order valence-electron chi connectivity index (χ3n) is 2.06. The molecule has 0 unspecified atom stereocenters. The van der Waals surface area contributed by atoms with Crippen molar-refractivity contribution in [2.75, 3.05) is 12.9 Å². The van der Waals surface area contributed by atoms with Gasteiger partial charge in [-0.15, -0.1) is 0 Å². The third-order valence-corrected chi connectivity index (χ3v) is 3.29. The van der Waals surface area contributed by atoms with Gasteiger partial charge in [-0.2, -0.15) is 11.8 Å². The quantitative estimate of drug-likeness (QED) is 0.585. The van der Waals surface area contributed by atoms with E-state index >= 15 is 0 Å². The maximum atomic E-state index is 13.5. The Morgan fingerprint density at radius 2 is 2.25 bits per heavy atom. The van der Waals surface area contributed by atoms with Gasteiger partial charge in [-0.3, -0.25) is 0 Å². The van der Waals surface area contributed by atoms with Crippen molar-refractivity contribution in [3.8, 4) is 0 Å². The van der Waals surface area contributed by atoms with Crippen LogP contribution in [0.25, 0.3) is 0 Å².